The SMILES string of the molecule is CCN(Cc1noc(C)n1)C(=O)c1ccc2sccc2c1. The van der Waals surface area contributed by atoms with Crippen molar-refractivity contribution in [2.45, 2.75) is 20.4 Å². The summed E-state index contributed by atoms with van der Waals surface area (Å²) in [5, 5.41) is 6.96. The lowest BCUT2D eigenvalue weighted by Gasteiger charge is -2.19. The zero-order chi connectivity index (χ0) is 14.8. The lowest BCUT2D eigenvalue weighted by Crippen LogP contribution is -2.30. The lowest BCUT2D eigenvalue weighted by atomic mass is 10.1. The fraction of sp³-hybridized carbons (Fsp3) is 0.267. The van der Waals surface area contributed by atoms with Crippen molar-refractivity contribution in [2.24, 2.45) is 0 Å². The predicted octanol–water partition coefficient (Wildman–Crippen LogP) is 3.26. The Morgan fingerprint density at radius 2 is 2.24 bits per heavy atom. The molecular weight excluding hydrogens is 286 g/mol. The summed E-state index contributed by atoms with van der Waals surface area (Å²) in [6.45, 7) is 4.62. The summed E-state index contributed by atoms with van der Waals surface area (Å²) in [6, 6.07) is 7.80. The molecule has 1 amide bonds. The van der Waals surface area contributed by atoms with E-state index >= 15 is 0 Å². The van der Waals surface area contributed by atoms with Gasteiger partial charge in [0.05, 0.1) is 6.54 Å². The molecule has 0 bridgehead atoms. The number of benzene rings is 1. The smallest absolute Gasteiger partial charge is 0.254 e. The van der Waals surface area contributed by atoms with Gasteiger partial charge in [-0.1, -0.05) is 5.16 Å². The minimum absolute atomic E-state index is 0.0203. The van der Waals surface area contributed by atoms with E-state index in [1.165, 1.54) is 4.70 Å². The molecule has 0 radical (unpaired) electrons. The first-order valence-corrected chi connectivity index (χ1v) is 7.61. The summed E-state index contributed by atoms with van der Waals surface area (Å²) in [5.74, 6) is 1.01. The number of carbonyl (C=O) groups is 1. The Bertz CT molecular complexity index is 778. The molecule has 1 aromatic carbocycles. The van der Waals surface area contributed by atoms with Crippen LogP contribution in [0, 0.1) is 6.92 Å². The van der Waals surface area contributed by atoms with Crippen molar-refractivity contribution in [2.75, 3.05) is 6.54 Å². The highest BCUT2D eigenvalue weighted by atomic mass is 32.1. The highest BCUT2D eigenvalue weighted by molar-refractivity contribution is 7.17. The highest BCUT2D eigenvalue weighted by Gasteiger charge is 2.17. The van der Waals surface area contributed by atoms with Crippen LogP contribution < -0.4 is 0 Å². The third-order valence-corrected chi connectivity index (χ3v) is 4.17. The van der Waals surface area contributed by atoms with Gasteiger partial charge in [0, 0.05) is 23.7 Å². The summed E-state index contributed by atoms with van der Waals surface area (Å²) in [6.07, 6.45) is 0. The van der Waals surface area contributed by atoms with Gasteiger partial charge in [0.1, 0.15) is 0 Å². The molecular formula is C15H15N3O2S. The van der Waals surface area contributed by atoms with Gasteiger partial charge in [0.25, 0.3) is 5.91 Å². The first kappa shape index (κ1) is 13.8. The normalized spacial score (nSPS) is 11.0. The Hall–Kier alpha value is -2.21. The average Bonchev–Trinajstić information content (AvgIpc) is 3.11. The van der Waals surface area contributed by atoms with Gasteiger partial charge in [0.15, 0.2) is 5.82 Å². The van der Waals surface area contributed by atoms with E-state index in [9.17, 15) is 4.79 Å². The van der Waals surface area contributed by atoms with Gasteiger partial charge in [0.2, 0.25) is 5.89 Å². The van der Waals surface area contributed by atoms with Crippen LogP contribution in [0.25, 0.3) is 10.1 Å². The Morgan fingerprint density at radius 1 is 1.38 bits per heavy atom. The molecule has 0 saturated carbocycles. The van der Waals surface area contributed by atoms with Gasteiger partial charge < -0.3 is 9.42 Å². The van der Waals surface area contributed by atoms with Crippen LogP contribution in [-0.2, 0) is 6.54 Å². The molecule has 2 heterocycles. The summed E-state index contributed by atoms with van der Waals surface area (Å²) in [5.41, 5.74) is 0.683. The number of aryl methyl sites for hydroxylation is 1. The molecule has 0 aliphatic carbocycles. The Labute approximate surface area is 126 Å². The quantitative estimate of drug-likeness (QED) is 0.742. The van der Waals surface area contributed by atoms with Crippen LogP contribution in [0.4, 0.5) is 0 Å². The highest BCUT2D eigenvalue weighted by Crippen LogP contribution is 2.22. The molecule has 0 aliphatic rings. The van der Waals surface area contributed by atoms with Gasteiger partial charge >= 0.3 is 0 Å². The maximum absolute atomic E-state index is 12.6. The van der Waals surface area contributed by atoms with Crippen LogP contribution in [0.2, 0.25) is 0 Å². The third kappa shape index (κ3) is 2.80. The molecule has 5 nitrogen and oxygen atoms in total. The standard InChI is InChI=1S/C15H15N3O2S/c1-3-18(9-14-16-10(2)20-17-14)15(19)12-4-5-13-11(8-12)6-7-21-13/h4-8H,3,9H2,1-2H3. The van der Waals surface area contributed by atoms with Gasteiger partial charge in [-0.05, 0) is 42.0 Å². The number of thiophene rings is 1. The molecule has 6 heteroatoms. The lowest BCUT2D eigenvalue weighted by molar-refractivity contribution is 0.0747. The van der Waals surface area contributed by atoms with E-state index in [4.69, 9.17) is 4.52 Å². The fourth-order valence-electron chi connectivity index (χ4n) is 2.19. The molecule has 0 aliphatic heterocycles. The van der Waals surface area contributed by atoms with Crippen LogP contribution in [0.3, 0.4) is 0 Å². The largest absolute Gasteiger partial charge is 0.340 e. The summed E-state index contributed by atoms with van der Waals surface area (Å²) >= 11 is 1.67. The first-order valence-electron chi connectivity index (χ1n) is 6.73. The molecule has 0 atom stereocenters. The van der Waals surface area contributed by atoms with Crippen molar-refractivity contribution in [1.29, 1.82) is 0 Å². The molecule has 0 spiro atoms. The van der Waals surface area contributed by atoms with E-state index in [1.54, 1.807) is 23.2 Å². The van der Waals surface area contributed by atoms with Gasteiger partial charge in [-0.2, -0.15) is 4.98 Å². The van der Waals surface area contributed by atoms with Crippen LogP contribution in [0.15, 0.2) is 34.2 Å². The van der Waals surface area contributed by atoms with Crippen molar-refractivity contribution in [1.82, 2.24) is 15.0 Å². The Morgan fingerprint density at radius 3 is 2.95 bits per heavy atom. The van der Waals surface area contributed by atoms with E-state index < -0.39 is 0 Å². The predicted molar refractivity (Wildman–Crippen MR) is 81.3 cm³/mol. The number of hydrogen-bond donors (Lipinski definition) is 0. The number of amides is 1. The van der Waals surface area contributed by atoms with Crippen molar-refractivity contribution in [3.8, 4) is 0 Å². The molecule has 3 rings (SSSR count). The van der Waals surface area contributed by atoms with Crippen molar-refractivity contribution >= 4 is 27.3 Å². The summed E-state index contributed by atoms with van der Waals surface area (Å²) in [4.78, 5) is 18.4. The number of nitrogens with zero attached hydrogens (tertiary/aromatic N) is 3. The number of aromatic nitrogens is 2. The molecule has 0 N–H and O–H groups in total. The third-order valence-electron chi connectivity index (χ3n) is 3.27. The van der Waals surface area contributed by atoms with E-state index in [0.29, 0.717) is 30.4 Å². The molecule has 21 heavy (non-hydrogen) atoms. The second-order valence-electron chi connectivity index (χ2n) is 4.72. The molecule has 0 saturated heterocycles. The Kier molecular flexibility index (Phi) is 3.70. The maximum atomic E-state index is 12.6. The second kappa shape index (κ2) is 5.65. The number of fused-ring (bicyclic) bond motifs is 1. The van der Waals surface area contributed by atoms with Crippen LogP contribution in [0.5, 0.6) is 0 Å². The van der Waals surface area contributed by atoms with Crippen molar-refractivity contribution in [3.63, 3.8) is 0 Å². The summed E-state index contributed by atoms with van der Waals surface area (Å²) < 4.78 is 6.13. The Balaban J connectivity index is 1.83. The molecule has 0 fully saturated rings. The summed E-state index contributed by atoms with van der Waals surface area (Å²) in [7, 11) is 0. The van der Waals surface area contributed by atoms with Crippen LogP contribution in [0.1, 0.15) is 29.0 Å². The topological polar surface area (TPSA) is 59.2 Å². The monoisotopic (exact) mass is 301 g/mol. The minimum Gasteiger partial charge on any atom is -0.340 e. The van der Waals surface area contributed by atoms with Crippen molar-refractivity contribution in [3.05, 3.63) is 46.9 Å². The average molecular weight is 301 g/mol. The second-order valence-corrected chi connectivity index (χ2v) is 5.67. The van der Waals surface area contributed by atoms with Crippen molar-refractivity contribution < 1.29 is 9.32 Å². The van der Waals surface area contributed by atoms with Gasteiger partial charge in [-0.25, -0.2) is 0 Å². The zero-order valence-corrected chi connectivity index (χ0v) is 12.7. The number of carbonyl (C=O) groups excluding carboxylic acids is 1. The van der Waals surface area contributed by atoms with E-state index in [-0.39, 0.29) is 5.91 Å². The van der Waals surface area contributed by atoms with Gasteiger partial charge in [-0.3, -0.25) is 4.79 Å². The van der Waals surface area contributed by atoms with Crippen LogP contribution in [-0.4, -0.2) is 27.5 Å². The minimum atomic E-state index is -0.0203. The van der Waals surface area contributed by atoms with E-state index in [1.807, 2.05) is 36.6 Å². The maximum Gasteiger partial charge on any atom is 0.254 e. The number of rotatable bonds is 4. The van der Waals surface area contributed by atoms with E-state index in [0.717, 1.165) is 5.39 Å². The molecule has 3 aromatic rings. The van der Waals surface area contributed by atoms with Gasteiger partial charge in [-0.15, -0.1) is 11.3 Å². The fourth-order valence-corrected chi connectivity index (χ4v) is 2.96. The van der Waals surface area contributed by atoms with Crippen LogP contribution >= 0.6 is 11.3 Å². The first-order chi connectivity index (χ1) is 10.2. The molecule has 0 unspecified atom stereocenters. The molecule has 108 valence electrons. The molecule has 2 aromatic heterocycles. The zero-order valence-electron chi connectivity index (χ0n) is 11.9. The number of hydrogen-bond acceptors (Lipinski definition) is 5. The van der Waals surface area contributed by atoms with E-state index in [2.05, 4.69) is 10.1 Å².